The maximum Gasteiger partial charge on any atom is 0.157 e. The van der Waals surface area contributed by atoms with Crippen LogP contribution in [0, 0.1) is 0 Å². The third-order valence-corrected chi connectivity index (χ3v) is 3.77. The van der Waals surface area contributed by atoms with Crippen LogP contribution in [0.1, 0.15) is 62.1 Å². The van der Waals surface area contributed by atoms with Gasteiger partial charge in [-0.2, -0.15) is 0 Å². The molecule has 12 nitrogen and oxygen atoms in total. The summed E-state index contributed by atoms with van der Waals surface area (Å²) in [5.41, 5.74) is -3.68. The maximum absolute atomic E-state index is 10.5. The summed E-state index contributed by atoms with van der Waals surface area (Å²) in [6.45, 7) is 0. The molecule has 2 rings (SSSR count). The van der Waals surface area contributed by atoms with E-state index in [4.69, 9.17) is 0 Å². The van der Waals surface area contributed by atoms with E-state index in [1.54, 1.807) is 0 Å². The van der Waals surface area contributed by atoms with Gasteiger partial charge in [-0.3, -0.25) is 28.8 Å². The zero-order valence-electron chi connectivity index (χ0n) is 14.6. The number of phenols is 6. The Morgan fingerprint density at radius 2 is 0.400 bits per heavy atom. The molecule has 0 aliphatic carbocycles. The third-order valence-electron chi connectivity index (χ3n) is 3.77. The Hall–Kier alpha value is -4.74. The lowest BCUT2D eigenvalue weighted by molar-refractivity contribution is 0.109. The number of hydrogen-bond donors (Lipinski definition) is 6. The SMILES string of the molecule is O=Cc1c(O)c(C=O)c(O)c(C=O)c1O.O=Cc1c(O)c(C=O)c(O)c(C=O)c1O. The normalized spacial score (nSPS) is 9.60. The molecule has 0 unspecified atom stereocenters. The van der Waals surface area contributed by atoms with Gasteiger partial charge in [-0.25, -0.2) is 0 Å². The van der Waals surface area contributed by atoms with Crippen molar-refractivity contribution in [1.82, 2.24) is 0 Å². The lowest BCUT2D eigenvalue weighted by Crippen LogP contribution is -1.96. The second-order valence-corrected chi connectivity index (χ2v) is 5.28. The Morgan fingerprint density at radius 1 is 0.300 bits per heavy atom. The minimum atomic E-state index is -0.861. The Balaban J connectivity index is 0.000000300. The fourth-order valence-electron chi connectivity index (χ4n) is 2.21. The maximum atomic E-state index is 10.5. The molecule has 2 aromatic carbocycles. The van der Waals surface area contributed by atoms with Crippen LogP contribution in [0.2, 0.25) is 0 Å². The number of aldehydes is 6. The molecule has 0 heterocycles. The van der Waals surface area contributed by atoms with E-state index >= 15 is 0 Å². The van der Waals surface area contributed by atoms with Crippen molar-refractivity contribution >= 4 is 37.7 Å². The van der Waals surface area contributed by atoms with Gasteiger partial charge in [-0.1, -0.05) is 0 Å². The van der Waals surface area contributed by atoms with E-state index in [1.165, 1.54) is 0 Å². The summed E-state index contributed by atoms with van der Waals surface area (Å²) in [6.07, 6.45) is 0.441. The van der Waals surface area contributed by atoms with E-state index in [0.717, 1.165) is 0 Å². The van der Waals surface area contributed by atoms with Crippen LogP contribution in [0.4, 0.5) is 0 Å². The average Bonchev–Trinajstić information content (AvgIpc) is 2.70. The van der Waals surface area contributed by atoms with Crippen molar-refractivity contribution in [3.05, 3.63) is 33.4 Å². The largest absolute Gasteiger partial charge is 0.506 e. The molecule has 12 heteroatoms. The Morgan fingerprint density at radius 3 is 0.467 bits per heavy atom. The van der Waals surface area contributed by atoms with E-state index in [-0.39, 0.29) is 37.7 Å². The summed E-state index contributed by atoms with van der Waals surface area (Å²) < 4.78 is 0. The molecule has 30 heavy (non-hydrogen) atoms. The Labute approximate surface area is 165 Å². The first-order valence-electron chi connectivity index (χ1n) is 7.49. The molecule has 2 aromatic rings. The highest BCUT2D eigenvalue weighted by atomic mass is 16.3. The van der Waals surface area contributed by atoms with Crippen LogP contribution in [-0.2, 0) is 0 Å². The van der Waals surface area contributed by atoms with Crippen LogP contribution in [-0.4, -0.2) is 68.4 Å². The lowest BCUT2D eigenvalue weighted by Gasteiger charge is -2.08. The van der Waals surface area contributed by atoms with Gasteiger partial charge in [0.2, 0.25) is 0 Å². The highest BCUT2D eigenvalue weighted by molar-refractivity contribution is 6.01. The van der Waals surface area contributed by atoms with Crippen molar-refractivity contribution in [2.45, 2.75) is 0 Å². The summed E-state index contributed by atoms with van der Waals surface area (Å²) in [6, 6.07) is 0. The molecule has 0 aromatic heterocycles. The van der Waals surface area contributed by atoms with Crippen molar-refractivity contribution in [3.8, 4) is 34.5 Å². The summed E-state index contributed by atoms with van der Waals surface area (Å²) in [5, 5.41) is 55.6. The minimum Gasteiger partial charge on any atom is -0.506 e. The molecule has 6 N–H and O–H groups in total. The van der Waals surface area contributed by atoms with E-state index in [1.807, 2.05) is 0 Å². The van der Waals surface area contributed by atoms with Gasteiger partial charge in [0.25, 0.3) is 0 Å². The van der Waals surface area contributed by atoms with Gasteiger partial charge in [-0.15, -0.1) is 0 Å². The third kappa shape index (κ3) is 3.77. The topological polar surface area (TPSA) is 224 Å². The number of aromatic hydroxyl groups is 6. The van der Waals surface area contributed by atoms with Crippen LogP contribution in [0.15, 0.2) is 0 Å². The molecule has 0 amide bonds. The highest BCUT2D eigenvalue weighted by Gasteiger charge is 2.23. The average molecular weight is 420 g/mol. The number of benzene rings is 2. The summed E-state index contributed by atoms with van der Waals surface area (Å²) in [4.78, 5) is 62.8. The molecule has 0 radical (unpaired) electrons. The zero-order chi connectivity index (χ0) is 23.2. The molecular formula is C18H12O12. The monoisotopic (exact) mass is 420 g/mol. The predicted octanol–water partition coefficient (Wildman–Crippen LogP) is 0.482. The summed E-state index contributed by atoms with van der Waals surface area (Å²) >= 11 is 0. The van der Waals surface area contributed by atoms with Gasteiger partial charge < -0.3 is 30.6 Å². The van der Waals surface area contributed by atoms with Gasteiger partial charge in [-0.05, 0) is 0 Å². The van der Waals surface area contributed by atoms with Crippen molar-refractivity contribution in [3.63, 3.8) is 0 Å². The van der Waals surface area contributed by atoms with E-state index in [0.29, 0.717) is 0 Å². The standard InChI is InChI=1S/2C9H6O6/c2*10-1-4-7(13)5(2-11)9(15)6(3-12)8(4)14/h2*1-3,13-15H. The van der Waals surface area contributed by atoms with Crippen LogP contribution in [0.5, 0.6) is 34.5 Å². The fraction of sp³-hybridized carbons (Fsp3) is 0. The lowest BCUT2D eigenvalue weighted by atomic mass is 10.0. The molecule has 0 fully saturated rings. The quantitative estimate of drug-likeness (QED) is 0.351. The first-order chi connectivity index (χ1) is 14.2. The molecule has 0 aliphatic heterocycles. The summed E-state index contributed by atoms with van der Waals surface area (Å²) in [5.74, 6) is -5.16. The molecule has 0 saturated carbocycles. The molecule has 0 atom stereocenters. The molecule has 0 bridgehead atoms. The van der Waals surface area contributed by atoms with E-state index in [9.17, 15) is 59.4 Å². The number of phenolic OH excluding ortho intramolecular Hbond substituents is 6. The minimum absolute atomic E-state index is 0.0735. The Kier molecular flexibility index (Phi) is 7.34. The van der Waals surface area contributed by atoms with E-state index < -0.39 is 67.9 Å². The highest BCUT2D eigenvalue weighted by Crippen LogP contribution is 2.39. The number of hydrogen-bond acceptors (Lipinski definition) is 12. The molecule has 0 aliphatic rings. The zero-order valence-corrected chi connectivity index (χ0v) is 14.6. The van der Waals surface area contributed by atoms with Gasteiger partial charge in [0.05, 0.1) is 33.4 Å². The van der Waals surface area contributed by atoms with Crippen LogP contribution < -0.4 is 0 Å². The molecule has 156 valence electrons. The van der Waals surface area contributed by atoms with Gasteiger partial charge in [0, 0.05) is 0 Å². The van der Waals surface area contributed by atoms with Gasteiger partial charge >= 0.3 is 0 Å². The number of carbonyl (C=O) groups excluding carboxylic acids is 6. The number of carbonyl (C=O) groups is 6. The van der Waals surface area contributed by atoms with Gasteiger partial charge in [0.1, 0.15) is 34.5 Å². The van der Waals surface area contributed by atoms with Crippen LogP contribution in [0.3, 0.4) is 0 Å². The van der Waals surface area contributed by atoms with Gasteiger partial charge in [0.15, 0.2) is 37.7 Å². The molecule has 0 spiro atoms. The second-order valence-electron chi connectivity index (χ2n) is 5.28. The van der Waals surface area contributed by atoms with Crippen molar-refractivity contribution in [2.24, 2.45) is 0 Å². The summed E-state index contributed by atoms with van der Waals surface area (Å²) in [7, 11) is 0. The smallest absolute Gasteiger partial charge is 0.157 e. The molecule has 0 saturated heterocycles. The van der Waals surface area contributed by atoms with Crippen molar-refractivity contribution < 1.29 is 59.4 Å². The second kappa shape index (κ2) is 9.45. The molecular weight excluding hydrogens is 408 g/mol. The van der Waals surface area contributed by atoms with Crippen molar-refractivity contribution in [2.75, 3.05) is 0 Å². The number of rotatable bonds is 6. The Bertz CT molecular complexity index is 807. The fourth-order valence-corrected chi connectivity index (χ4v) is 2.21. The first-order valence-corrected chi connectivity index (χ1v) is 7.49. The van der Waals surface area contributed by atoms with Crippen molar-refractivity contribution in [1.29, 1.82) is 0 Å². The first kappa shape index (κ1) is 23.3. The van der Waals surface area contributed by atoms with Crippen LogP contribution >= 0.6 is 0 Å². The van der Waals surface area contributed by atoms with Crippen LogP contribution in [0.25, 0.3) is 0 Å². The van der Waals surface area contributed by atoms with E-state index in [2.05, 4.69) is 0 Å². The predicted molar refractivity (Wildman–Crippen MR) is 95.2 cm³/mol.